The first kappa shape index (κ1) is 16.5. The van der Waals surface area contributed by atoms with Crippen LogP contribution in [0.15, 0.2) is 30.3 Å². The molecule has 21 heavy (non-hydrogen) atoms. The molecule has 1 N–H and O–H groups in total. The van der Waals surface area contributed by atoms with Crippen LogP contribution >= 0.6 is 0 Å². The van der Waals surface area contributed by atoms with E-state index in [1.54, 1.807) is 0 Å². The first-order chi connectivity index (χ1) is 10.2. The Labute approximate surface area is 128 Å². The van der Waals surface area contributed by atoms with Crippen molar-refractivity contribution >= 4 is 0 Å². The van der Waals surface area contributed by atoms with Gasteiger partial charge in [-0.05, 0) is 32.4 Å². The van der Waals surface area contributed by atoms with Crippen LogP contribution in [0.25, 0.3) is 0 Å². The van der Waals surface area contributed by atoms with E-state index in [9.17, 15) is 5.11 Å². The highest BCUT2D eigenvalue weighted by Gasteiger charge is 2.40. The molecule has 1 saturated carbocycles. The maximum atomic E-state index is 10.5. The standard InChI is InChI=1S/C18H29NO2/c1-3-21-17(20)18(12-8-5-9-13-18)15-19(2)14-16-10-6-4-7-11-16/h4,6-7,10-11,17,20H,3,5,8-9,12-15H2,1-2H3. The number of hydrogen-bond acceptors (Lipinski definition) is 3. The van der Waals surface area contributed by atoms with Gasteiger partial charge in [0.25, 0.3) is 0 Å². The average Bonchev–Trinajstić information content (AvgIpc) is 2.49. The van der Waals surface area contributed by atoms with E-state index in [4.69, 9.17) is 4.74 Å². The molecular weight excluding hydrogens is 262 g/mol. The molecule has 1 aliphatic carbocycles. The fourth-order valence-electron chi connectivity index (χ4n) is 3.56. The molecule has 1 fully saturated rings. The van der Waals surface area contributed by atoms with Crippen LogP contribution < -0.4 is 0 Å². The van der Waals surface area contributed by atoms with Crippen molar-refractivity contribution < 1.29 is 9.84 Å². The summed E-state index contributed by atoms with van der Waals surface area (Å²) in [5.41, 5.74) is 1.22. The van der Waals surface area contributed by atoms with Crippen molar-refractivity contribution in [2.45, 2.75) is 51.9 Å². The number of benzene rings is 1. The van der Waals surface area contributed by atoms with Crippen molar-refractivity contribution in [3.63, 3.8) is 0 Å². The minimum atomic E-state index is -0.638. The minimum absolute atomic E-state index is 0.0994. The summed E-state index contributed by atoms with van der Waals surface area (Å²) in [6.45, 7) is 4.34. The fraction of sp³-hybridized carbons (Fsp3) is 0.667. The SMILES string of the molecule is CCOC(O)C1(CN(C)Cc2ccccc2)CCCCC1. The summed E-state index contributed by atoms with van der Waals surface area (Å²) >= 11 is 0. The highest BCUT2D eigenvalue weighted by molar-refractivity contribution is 5.14. The molecular formula is C18H29NO2. The molecule has 0 aliphatic heterocycles. The third kappa shape index (κ3) is 4.53. The lowest BCUT2D eigenvalue weighted by Gasteiger charge is -2.43. The molecule has 0 saturated heterocycles. The summed E-state index contributed by atoms with van der Waals surface area (Å²) in [5, 5.41) is 10.5. The Hall–Kier alpha value is -0.900. The van der Waals surface area contributed by atoms with E-state index >= 15 is 0 Å². The first-order valence-corrected chi connectivity index (χ1v) is 8.18. The lowest BCUT2D eigenvalue weighted by molar-refractivity contribution is -0.189. The smallest absolute Gasteiger partial charge is 0.161 e. The van der Waals surface area contributed by atoms with Crippen LogP contribution in [0.3, 0.4) is 0 Å². The Morgan fingerprint density at radius 2 is 1.86 bits per heavy atom. The van der Waals surface area contributed by atoms with Crippen molar-refractivity contribution in [3.05, 3.63) is 35.9 Å². The molecule has 2 rings (SSSR count). The van der Waals surface area contributed by atoms with Crippen LogP contribution in [0, 0.1) is 5.41 Å². The summed E-state index contributed by atoms with van der Waals surface area (Å²) < 4.78 is 5.56. The largest absolute Gasteiger partial charge is 0.367 e. The Balaban J connectivity index is 2.00. The van der Waals surface area contributed by atoms with Gasteiger partial charge in [0, 0.05) is 25.1 Å². The van der Waals surface area contributed by atoms with Gasteiger partial charge in [-0.1, -0.05) is 49.6 Å². The van der Waals surface area contributed by atoms with Gasteiger partial charge in [0.2, 0.25) is 0 Å². The topological polar surface area (TPSA) is 32.7 Å². The quantitative estimate of drug-likeness (QED) is 0.781. The molecule has 0 bridgehead atoms. The van der Waals surface area contributed by atoms with Gasteiger partial charge in [-0.25, -0.2) is 0 Å². The number of aliphatic hydroxyl groups is 1. The molecule has 0 aromatic heterocycles. The summed E-state index contributed by atoms with van der Waals surface area (Å²) in [5.74, 6) is 0. The number of rotatable bonds is 7. The van der Waals surface area contributed by atoms with Crippen LogP contribution in [0.4, 0.5) is 0 Å². The number of aliphatic hydroxyl groups excluding tert-OH is 1. The van der Waals surface area contributed by atoms with Crippen LogP contribution in [0.1, 0.15) is 44.6 Å². The van der Waals surface area contributed by atoms with E-state index in [2.05, 4.69) is 36.2 Å². The van der Waals surface area contributed by atoms with Gasteiger partial charge in [0.15, 0.2) is 6.29 Å². The zero-order chi connectivity index (χ0) is 15.1. The lowest BCUT2D eigenvalue weighted by Crippen LogP contribution is -2.46. The second-order valence-electron chi connectivity index (χ2n) is 6.39. The van der Waals surface area contributed by atoms with Crippen molar-refractivity contribution in [1.29, 1.82) is 0 Å². The van der Waals surface area contributed by atoms with Gasteiger partial charge in [-0.3, -0.25) is 0 Å². The Morgan fingerprint density at radius 1 is 1.19 bits per heavy atom. The number of nitrogens with zero attached hydrogens (tertiary/aromatic N) is 1. The van der Waals surface area contributed by atoms with Gasteiger partial charge < -0.3 is 14.7 Å². The average molecular weight is 291 g/mol. The molecule has 0 amide bonds. The predicted molar refractivity (Wildman–Crippen MR) is 85.9 cm³/mol. The molecule has 1 aromatic carbocycles. The second-order valence-corrected chi connectivity index (χ2v) is 6.39. The molecule has 1 aromatic rings. The van der Waals surface area contributed by atoms with Crippen molar-refractivity contribution in [3.8, 4) is 0 Å². The first-order valence-electron chi connectivity index (χ1n) is 8.18. The molecule has 3 nitrogen and oxygen atoms in total. The van der Waals surface area contributed by atoms with Gasteiger partial charge in [-0.15, -0.1) is 0 Å². The van der Waals surface area contributed by atoms with E-state index in [-0.39, 0.29) is 5.41 Å². The molecule has 1 aliphatic rings. The molecule has 0 spiro atoms. The third-order valence-electron chi connectivity index (χ3n) is 4.58. The molecule has 0 heterocycles. The normalized spacial score (nSPS) is 19.6. The van der Waals surface area contributed by atoms with E-state index in [0.717, 1.165) is 25.9 Å². The molecule has 3 heteroatoms. The summed E-state index contributed by atoms with van der Waals surface area (Å²) in [6, 6.07) is 10.5. The zero-order valence-corrected chi connectivity index (χ0v) is 13.4. The van der Waals surface area contributed by atoms with Crippen LogP contribution in [-0.2, 0) is 11.3 Å². The lowest BCUT2D eigenvalue weighted by atomic mass is 9.73. The Kier molecular flexibility index (Phi) is 6.22. The van der Waals surface area contributed by atoms with Gasteiger partial charge >= 0.3 is 0 Å². The Morgan fingerprint density at radius 3 is 2.48 bits per heavy atom. The third-order valence-corrected chi connectivity index (χ3v) is 4.58. The summed E-state index contributed by atoms with van der Waals surface area (Å²) in [4.78, 5) is 2.32. The van der Waals surface area contributed by atoms with Crippen molar-refractivity contribution in [2.75, 3.05) is 20.2 Å². The van der Waals surface area contributed by atoms with Crippen molar-refractivity contribution in [2.24, 2.45) is 5.41 Å². The van der Waals surface area contributed by atoms with E-state index in [1.807, 2.05) is 13.0 Å². The summed E-state index contributed by atoms with van der Waals surface area (Å²) in [7, 11) is 2.14. The molecule has 118 valence electrons. The van der Waals surface area contributed by atoms with Gasteiger partial charge in [-0.2, -0.15) is 0 Å². The van der Waals surface area contributed by atoms with Gasteiger partial charge in [0.05, 0.1) is 0 Å². The van der Waals surface area contributed by atoms with Gasteiger partial charge in [0.1, 0.15) is 0 Å². The number of hydrogen-bond donors (Lipinski definition) is 1. The van der Waals surface area contributed by atoms with E-state index in [0.29, 0.717) is 6.61 Å². The highest BCUT2D eigenvalue weighted by atomic mass is 16.6. The zero-order valence-electron chi connectivity index (χ0n) is 13.4. The van der Waals surface area contributed by atoms with Crippen LogP contribution in [0.5, 0.6) is 0 Å². The second kappa shape index (κ2) is 7.92. The Bertz CT molecular complexity index is 401. The minimum Gasteiger partial charge on any atom is -0.367 e. The number of ether oxygens (including phenoxy) is 1. The maximum Gasteiger partial charge on any atom is 0.161 e. The predicted octanol–water partition coefficient (Wildman–Crippen LogP) is 3.42. The fourth-order valence-corrected chi connectivity index (χ4v) is 3.56. The molecule has 1 atom stereocenters. The molecule has 0 radical (unpaired) electrons. The maximum absolute atomic E-state index is 10.5. The summed E-state index contributed by atoms with van der Waals surface area (Å²) in [6.07, 6.45) is 5.16. The van der Waals surface area contributed by atoms with Crippen LogP contribution in [-0.4, -0.2) is 36.5 Å². The van der Waals surface area contributed by atoms with E-state index < -0.39 is 6.29 Å². The monoisotopic (exact) mass is 291 g/mol. The van der Waals surface area contributed by atoms with Crippen molar-refractivity contribution in [1.82, 2.24) is 4.90 Å². The molecule has 1 unspecified atom stereocenters. The van der Waals surface area contributed by atoms with E-state index in [1.165, 1.54) is 24.8 Å². The van der Waals surface area contributed by atoms with Crippen LogP contribution in [0.2, 0.25) is 0 Å². The highest BCUT2D eigenvalue weighted by Crippen LogP contribution is 2.40.